The van der Waals surface area contributed by atoms with Crippen molar-refractivity contribution in [3.8, 4) is 5.75 Å². The fraction of sp³-hybridized carbons (Fsp3) is 0.200. The number of Topliss-reactive ketones (excluding diaryl/α,β-unsaturated/α-hetero) is 1. The smallest absolute Gasteiger partial charge is 0.300 e. The number of anilines is 1. The highest BCUT2D eigenvalue weighted by Crippen LogP contribution is 2.46. The van der Waals surface area contributed by atoms with Crippen molar-refractivity contribution in [3.05, 3.63) is 99.7 Å². The highest BCUT2D eigenvalue weighted by atomic mass is 16.5. The molecule has 0 aliphatic carbocycles. The molecule has 1 aromatic heterocycles. The van der Waals surface area contributed by atoms with E-state index in [2.05, 4.69) is 4.98 Å². The highest BCUT2D eigenvalue weighted by Gasteiger charge is 2.48. The molecule has 36 heavy (non-hydrogen) atoms. The Bertz CT molecular complexity index is 1580. The maximum Gasteiger partial charge on any atom is 0.300 e. The molecular formula is C30H28N2O4. The van der Waals surface area contributed by atoms with Gasteiger partial charge in [0.15, 0.2) is 0 Å². The third-order valence-corrected chi connectivity index (χ3v) is 7.04. The predicted octanol–water partition coefficient (Wildman–Crippen LogP) is 6.04. The van der Waals surface area contributed by atoms with Gasteiger partial charge in [-0.1, -0.05) is 35.9 Å². The lowest BCUT2D eigenvalue weighted by atomic mass is 9.92. The van der Waals surface area contributed by atoms with Crippen LogP contribution in [0.3, 0.4) is 0 Å². The highest BCUT2D eigenvalue weighted by molar-refractivity contribution is 6.52. The number of hydrogen-bond donors (Lipinski definition) is 2. The monoisotopic (exact) mass is 480 g/mol. The van der Waals surface area contributed by atoms with Crippen molar-refractivity contribution in [3.63, 3.8) is 0 Å². The fourth-order valence-corrected chi connectivity index (χ4v) is 5.05. The molecule has 0 radical (unpaired) electrons. The molecule has 0 spiro atoms. The molecule has 2 heterocycles. The van der Waals surface area contributed by atoms with Crippen LogP contribution in [0.4, 0.5) is 5.69 Å². The first-order chi connectivity index (χ1) is 17.2. The lowest BCUT2D eigenvalue weighted by Crippen LogP contribution is -2.29. The normalized spacial score (nSPS) is 17.2. The van der Waals surface area contributed by atoms with Crippen LogP contribution in [0.1, 0.15) is 39.6 Å². The minimum Gasteiger partial charge on any atom is -0.507 e. The molecule has 1 fully saturated rings. The lowest BCUT2D eigenvalue weighted by Gasteiger charge is -2.26. The van der Waals surface area contributed by atoms with Crippen molar-refractivity contribution in [2.45, 2.75) is 33.7 Å². The van der Waals surface area contributed by atoms with Crippen LogP contribution in [-0.2, 0) is 9.59 Å². The van der Waals surface area contributed by atoms with E-state index < -0.39 is 17.7 Å². The first-order valence-electron chi connectivity index (χ1n) is 11.8. The Morgan fingerprint density at radius 2 is 1.69 bits per heavy atom. The molecule has 6 heteroatoms. The number of aromatic nitrogens is 1. The first kappa shape index (κ1) is 23.4. The summed E-state index contributed by atoms with van der Waals surface area (Å²) in [5, 5.41) is 12.5. The average Bonchev–Trinajstić information content (AvgIpc) is 3.32. The number of H-pyrrole nitrogens is 1. The number of aryl methyl sites for hydroxylation is 4. The molecule has 182 valence electrons. The number of methoxy groups -OCH3 is 1. The minimum atomic E-state index is -0.825. The summed E-state index contributed by atoms with van der Waals surface area (Å²) in [5.74, 6) is -1.25. The summed E-state index contributed by atoms with van der Waals surface area (Å²) < 4.78 is 5.49. The minimum absolute atomic E-state index is 0.0370. The third kappa shape index (κ3) is 3.57. The van der Waals surface area contributed by atoms with Crippen LogP contribution < -0.4 is 9.64 Å². The summed E-state index contributed by atoms with van der Waals surface area (Å²) in [4.78, 5) is 32.1. The van der Waals surface area contributed by atoms with E-state index in [4.69, 9.17) is 4.74 Å². The van der Waals surface area contributed by atoms with Gasteiger partial charge in [0.25, 0.3) is 11.7 Å². The number of hydrogen-bond acceptors (Lipinski definition) is 4. The zero-order valence-corrected chi connectivity index (χ0v) is 21.0. The second-order valence-electron chi connectivity index (χ2n) is 9.35. The van der Waals surface area contributed by atoms with Crippen molar-refractivity contribution in [1.29, 1.82) is 0 Å². The van der Waals surface area contributed by atoms with E-state index in [0.29, 0.717) is 17.0 Å². The number of para-hydroxylation sites is 1. The number of nitrogens with zero attached hydrogens (tertiary/aromatic N) is 1. The molecule has 1 saturated heterocycles. The molecule has 2 N–H and O–H groups in total. The second kappa shape index (κ2) is 8.72. The number of ketones is 1. The largest absolute Gasteiger partial charge is 0.507 e. The topological polar surface area (TPSA) is 82.6 Å². The predicted molar refractivity (Wildman–Crippen MR) is 141 cm³/mol. The molecule has 6 nitrogen and oxygen atoms in total. The van der Waals surface area contributed by atoms with Gasteiger partial charge in [0.05, 0.1) is 24.3 Å². The quantitative estimate of drug-likeness (QED) is 0.212. The van der Waals surface area contributed by atoms with E-state index in [-0.39, 0.29) is 11.3 Å². The Balaban J connectivity index is 1.85. The van der Waals surface area contributed by atoms with Gasteiger partial charge in [-0.3, -0.25) is 14.5 Å². The number of nitrogens with one attached hydrogen (secondary N) is 1. The Labute approximate surface area is 209 Å². The first-order valence-corrected chi connectivity index (χ1v) is 11.8. The molecular weight excluding hydrogens is 452 g/mol. The fourth-order valence-electron chi connectivity index (χ4n) is 5.05. The molecule has 0 bridgehead atoms. The van der Waals surface area contributed by atoms with Gasteiger partial charge in [-0.15, -0.1) is 0 Å². The number of aliphatic hydroxyl groups is 1. The van der Waals surface area contributed by atoms with Gasteiger partial charge in [-0.25, -0.2) is 0 Å². The number of benzene rings is 3. The van der Waals surface area contributed by atoms with Crippen LogP contribution >= 0.6 is 0 Å². The van der Waals surface area contributed by atoms with Gasteiger partial charge < -0.3 is 14.8 Å². The summed E-state index contributed by atoms with van der Waals surface area (Å²) >= 11 is 0. The third-order valence-electron chi connectivity index (χ3n) is 7.04. The van der Waals surface area contributed by atoms with Crippen molar-refractivity contribution < 1.29 is 19.4 Å². The Kier molecular flexibility index (Phi) is 5.67. The van der Waals surface area contributed by atoms with Gasteiger partial charge >= 0.3 is 0 Å². The van der Waals surface area contributed by atoms with E-state index in [0.717, 1.165) is 38.9 Å². The number of aromatic amines is 1. The zero-order chi connectivity index (χ0) is 25.7. The van der Waals surface area contributed by atoms with Gasteiger partial charge in [0.2, 0.25) is 0 Å². The van der Waals surface area contributed by atoms with Crippen LogP contribution in [0.2, 0.25) is 0 Å². The molecule has 1 atom stereocenters. The van der Waals surface area contributed by atoms with Gasteiger partial charge in [0, 0.05) is 27.8 Å². The average molecular weight is 481 g/mol. The van der Waals surface area contributed by atoms with Crippen molar-refractivity contribution in [1.82, 2.24) is 4.98 Å². The SMILES string of the molecule is COc1ccc(C)cc1/C(O)=C1\C(=O)C(=O)N(c2ccc(C)c(C)c2)C1c1c(C)[nH]c2ccccc12. The Morgan fingerprint density at radius 3 is 2.42 bits per heavy atom. The zero-order valence-electron chi connectivity index (χ0n) is 21.0. The van der Waals surface area contributed by atoms with Crippen LogP contribution in [0, 0.1) is 27.7 Å². The van der Waals surface area contributed by atoms with E-state index in [1.54, 1.807) is 12.1 Å². The summed E-state index contributed by atoms with van der Waals surface area (Å²) in [6.07, 6.45) is 0. The number of aliphatic hydroxyl groups excluding tert-OH is 1. The molecule has 4 aromatic rings. The summed E-state index contributed by atoms with van der Waals surface area (Å²) in [7, 11) is 1.51. The molecule has 1 aliphatic rings. The number of rotatable bonds is 4. The number of carbonyl (C=O) groups excluding carboxylic acids is 2. The molecule has 0 saturated carbocycles. The van der Waals surface area contributed by atoms with E-state index in [1.807, 2.05) is 76.2 Å². The van der Waals surface area contributed by atoms with E-state index >= 15 is 0 Å². The summed E-state index contributed by atoms with van der Waals surface area (Å²) in [5.41, 5.74) is 6.47. The van der Waals surface area contributed by atoms with Crippen molar-refractivity contribution in [2.24, 2.45) is 0 Å². The molecule has 1 unspecified atom stereocenters. The Hall–Kier alpha value is -4.32. The summed E-state index contributed by atoms with van der Waals surface area (Å²) in [6.45, 7) is 7.78. The van der Waals surface area contributed by atoms with Crippen LogP contribution in [0.25, 0.3) is 16.7 Å². The van der Waals surface area contributed by atoms with Crippen LogP contribution in [0.15, 0.2) is 66.2 Å². The molecule has 3 aromatic carbocycles. The van der Waals surface area contributed by atoms with Gasteiger partial charge in [0.1, 0.15) is 11.5 Å². The standard InChI is InChI=1S/C30H28N2O4/c1-16-10-13-24(36-5)22(14-16)28(33)26-27(25-19(4)31-23-9-7-6-8-21(23)25)32(30(35)29(26)34)20-12-11-17(2)18(3)15-20/h6-15,27,31,33H,1-5H3/b28-26+. The molecule has 1 amide bonds. The van der Waals surface area contributed by atoms with E-state index in [9.17, 15) is 14.7 Å². The van der Waals surface area contributed by atoms with Gasteiger partial charge in [-0.05, 0) is 69.2 Å². The number of carbonyl (C=O) groups is 2. The van der Waals surface area contributed by atoms with Gasteiger partial charge in [-0.2, -0.15) is 0 Å². The maximum atomic E-state index is 13.6. The lowest BCUT2D eigenvalue weighted by molar-refractivity contribution is -0.132. The number of fused-ring (bicyclic) bond motifs is 1. The summed E-state index contributed by atoms with van der Waals surface area (Å²) in [6, 6.07) is 18.0. The van der Waals surface area contributed by atoms with E-state index in [1.165, 1.54) is 12.0 Å². The van der Waals surface area contributed by atoms with Crippen LogP contribution in [0.5, 0.6) is 5.75 Å². The number of amides is 1. The second-order valence-corrected chi connectivity index (χ2v) is 9.35. The molecule has 1 aliphatic heterocycles. The maximum absolute atomic E-state index is 13.6. The van der Waals surface area contributed by atoms with Crippen LogP contribution in [-0.4, -0.2) is 28.9 Å². The Morgan fingerprint density at radius 1 is 0.944 bits per heavy atom. The molecule has 5 rings (SSSR count). The number of ether oxygens (including phenoxy) is 1. The van der Waals surface area contributed by atoms with Crippen molar-refractivity contribution >= 4 is 34.0 Å². The van der Waals surface area contributed by atoms with Crippen molar-refractivity contribution in [2.75, 3.05) is 12.0 Å².